The van der Waals surface area contributed by atoms with Gasteiger partial charge in [0.25, 0.3) is 0 Å². The Bertz CT molecular complexity index is 399. The van der Waals surface area contributed by atoms with Crippen molar-refractivity contribution in [3.63, 3.8) is 0 Å². The standard InChI is InChI=1S/C10H8N2O/c1-2-8-3-5-12-6-4-11-10(12)9(8)13-7-1/h1-5,7H,6H2. The third-order valence-electron chi connectivity index (χ3n) is 2.20. The van der Waals surface area contributed by atoms with Gasteiger partial charge in [-0.15, -0.1) is 0 Å². The van der Waals surface area contributed by atoms with E-state index < -0.39 is 0 Å². The maximum atomic E-state index is 5.42. The fourth-order valence-corrected chi connectivity index (χ4v) is 1.57. The van der Waals surface area contributed by atoms with Crippen molar-refractivity contribution in [1.82, 2.24) is 4.90 Å². The summed E-state index contributed by atoms with van der Waals surface area (Å²) in [6, 6.07) is 0. The first-order chi connectivity index (χ1) is 6.45. The van der Waals surface area contributed by atoms with E-state index in [1.54, 1.807) is 6.26 Å². The Morgan fingerprint density at radius 1 is 1.46 bits per heavy atom. The van der Waals surface area contributed by atoms with Crippen LogP contribution in [0.1, 0.15) is 0 Å². The van der Waals surface area contributed by atoms with Gasteiger partial charge in [-0.3, -0.25) is 0 Å². The van der Waals surface area contributed by atoms with Crippen molar-refractivity contribution in [2.75, 3.05) is 6.54 Å². The summed E-state index contributed by atoms with van der Waals surface area (Å²) in [6.45, 7) is 0.843. The van der Waals surface area contributed by atoms with E-state index in [0.717, 1.165) is 23.7 Å². The summed E-state index contributed by atoms with van der Waals surface area (Å²) >= 11 is 0. The van der Waals surface area contributed by atoms with Gasteiger partial charge in [0.15, 0.2) is 11.6 Å². The third-order valence-corrected chi connectivity index (χ3v) is 2.20. The SMILES string of the molecule is C1=COC2=C3N=CCN3C=CC2=C1. The number of rotatable bonds is 0. The lowest BCUT2D eigenvalue weighted by Gasteiger charge is -2.23. The summed E-state index contributed by atoms with van der Waals surface area (Å²) < 4.78 is 5.42. The molecule has 0 N–H and O–H groups in total. The third kappa shape index (κ3) is 0.869. The Labute approximate surface area is 76.0 Å². The molecule has 64 valence electrons. The van der Waals surface area contributed by atoms with E-state index in [-0.39, 0.29) is 0 Å². The van der Waals surface area contributed by atoms with Crippen molar-refractivity contribution >= 4 is 6.21 Å². The van der Waals surface area contributed by atoms with Crippen molar-refractivity contribution in [3.05, 3.63) is 47.8 Å². The molecule has 0 radical (unpaired) electrons. The Morgan fingerprint density at radius 2 is 2.46 bits per heavy atom. The average Bonchev–Trinajstić information content (AvgIpc) is 2.65. The molecule has 0 bridgehead atoms. The van der Waals surface area contributed by atoms with Crippen molar-refractivity contribution in [2.45, 2.75) is 0 Å². The molecule has 3 rings (SSSR count). The Kier molecular flexibility index (Phi) is 1.22. The summed E-state index contributed by atoms with van der Waals surface area (Å²) in [5.74, 6) is 1.77. The highest BCUT2D eigenvalue weighted by Crippen LogP contribution is 2.30. The minimum absolute atomic E-state index is 0.843. The molecule has 0 aromatic rings. The molecular formula is C10H8N2O. The highest BCUT2D eigenvalue weighted by atomic mass is 16.5. The van der Waals surface area contributed by atoms with Crippen LogP contribution >= 0.6 is 0 Å². The average molecular weight is 172 g/mol. The fraction of sp³-hybridized carbons (Fsp3) is 0.100. The Hall–Kier alpha value is -1.77. The zero-order chi connectivity index (χ0) is 8.67. The molecule has 0 aliphatic carbocycles. The molecule has 0 saturated heterocycles. The van der Waals surface area contributed by atoms with Crippen molar-refractivity contribution in [1.29, 1.82) is 0 Å². The van der Waals surface area contributed by atoms with E-state index in [0.29, 0.717) is 0 Å². The van der Waals surface area contributed by atoms with Crippen LogP contribution in [0.5, 0.6) is 0 Å². The maximum Gasteiger partial charge on any atom is 0.176 e. The zero-order valence-corrected chi connectivity index (χ0v) is 6.97. The van der Waals surface area contributed by atoms with Crippen LogP contribution < -0.4 is 0 Å². The first-order valence-electron chi connectivity index (χ1n) is 4.21. The van der Waals surface area contributed by atoms with Crippen LogP contribution in [0.4, 0.5) is 0 Å². The van der Waals surface area contributed by atoms with Gasteiger partial charge in [-0.05, 0) is 18.2 Å². The van der Waals surface area contributed by atoms with Crippen molar-refractivity contribution < 1.29 is 4.74 Å². The molecule has 0 fully saturated rings. The van der Waals surface area contributed by atoms with Gasteiger partial charge in [0, 0.05) is 18.0 Å². The van der Waals surface area contributed by atoms with Gasteiger partial charge < -0.3 is 9.64 Å². The van der Waals surface area contributed by atoms with Gasteiger partial charge in [0.1, 0.15) is 0 Å². The largest absolute Gasteiger partial charge is 0.460 e. The molecule has 0 saturated carbocycles. The normalized spacial score (nSPS) is 22.8. The van der Waals surface area contributed by atoms with Crippen LogP contribution in [-0.4, -0.2) is 17.7 Å². The van der Waals surface area contributed by atoms with Gasteiger partial charge in [-0.2, -0.15) is 0 Å². The van der Waals surface area contributed by atoms with Gasteiger partial charge in [-0.25, -0.2) is 4.99 Å². The molecule has 3 aliphatic rings. The highest BCUT2D eigenvalue weighted by Gasteiger charge is 2.23. The number of nitrogens with zero attached hydrogens (tertiary/aromatic N) is 2. The van der Waals surface area contributed by atoms with E-state index in [2.05, 4.69) is 9.89 Å². The second-order valence-electron chi connectivity index (χ2n) is 3.00. The van der Waals surface area contributed by atoms with Crippen LogP contribution in [0.3, 0.4) is 0 Å². The van der Waals surface area contributed by atoms with E-state index in [4.69, 9.17) is 4.74 Å². The van der Waals surface area contributed by atoms with E-state index in [1.165, 1.54) is 0 Å². The van der Waals surface area contributed by atoms with Crippen LogP contribution in [0.25, 0.3) is 0 Å². The minimum atomic E-state index is 0.843. The predicted octanol–water partition coefficient (Wildman–Crippen LogP) is 1.54. The predicted molar refractivity (Wildman–Crippen MR) is 49.7 cm³/mol. The maximum absolute atomic E-state index is 5.42. The number of hydrogen-bond acceptors (Lipinski definition) is 3. The molecule has 13 heavy (non-hydrogen) atoms. The van der Waals surface area contributed by atoms with Crippen LogP contribution in [0, 0.1) is 0 Å². The van der Waals surface area contributed by atoms with Crippen molar-refractivity contribution in [2.24, 2.45) is 4.99 Å². The summed E-state index contributed by atoms with van der Waals surface area (Å²) in [5.41, 5.74) is 1.09. The van der Waals surface area contributed by atoms with Gasteiger partial charge in [0.05, 0.1) is 12.8 Å². The Morgan fingerprint density at radius 3 is 3.46 bits per heavy atom. The second kappa shape index (κ2) is 2.36. The number of hydrogen-bond donors (Lipinski definition) is 0. The molecular weight excluding hydrogens is 164 g/mol. The van der Waals surface area contributed by atoms with Crippen LogP contribution in [0.2, 0.25) is 0 Å². The number of ether oxygens (including phenoxy) is 1. The number of fused-ring (bicyclic) bond motifs is 2. The van der Waals surface area contributed by atoms with Gasteiger partial charge >= 0.3 is 0 Å². The monoisotopic (exact) mass is 172 g/mol. The molecule has 0 aromatic carbocycles. The summed E-state index contributed by atoms with van der Waals surface area (Å²) in [7, 11) is 0. The molecule has 0 spiro atoms. The second-order valence-corrected chi connectivity index (χ2v) is 3.00. The molecule has 0 unspecified atom stereocenters. The molecule has 3 aliphatic heterocycles. The number of allylic oxidation sites excluding steroid dienone is 3. The van der Waals surface area contributed by atoms with E-state index in [9.17, 15) is 0 Å². The first kappa shape index (κ1) is 6.71. The molecule has 3 nitrogen and oxygen atoms in total. The topological polar surface area (TPSA) is 24.8 Å². The van der Waals surface area contributed by atoms with Gasteiger partial charge in [0.2, 0.25) is 0 Å². The smallest absolute Gasteiger partial charge is 0.176 e. The summed E-state index contributed by atoms with van der Waals surface area (Å²) in [4.78, 5) is 6.33. The van der Waals surface area contributed by atoms with E-state index >= 15 is 0 Å². The number of aliphatic imine (C=N–C) groups is 1. The lowest BCUT2D eigenvalue weighted by molar-refractivity contribution is 0.332. The highest BCUT2D eigenvalue weighted by molar-refractivity contribution is 5.67. The molecule has 0 aromatic heterocycles. The van der Waals surface area contributed by atoms with Crippen LogP contribution in [-0.2, 0) is 4.74 Å². The quantitative estimate of drug-likeness (QED) is 0.553. The fourth-order valence-electron chi connectivity index (χ4n) is 1.57. The Balaban J connectivity index is 2.16. The summed E-state index contributed by atoms with van der Waals surface area (Å²) in [5, 5.41) is 0. The summed E-state index contributed by atoms with van der Waals surface area (Å²) in [6.07, 6.45) is 11.5. The minimum Gasteiger partial charge on any atom is -0.460 e. The lowest BCUT2D eigenvalue weighted by atomic mass is 10.1. The van der Waals surface area contributed by atoms with Crippen molar-refractivity contribution in [3.8, 4) is 0 Å². The molecule has 0 amide bonds. The zero-order valence-electron chi connectivity index (χ0n) is 6.97. The molecule has 3 heteroatoms. The molecule has 0 atom stereocenters. The first-order valence-corrected chi connectivity index (χ1v) is 4.21. The van der Waals surface area contributed by atoms with Crippen LogP contribution in [0.15, 0.2) is 52.8 Å². The lowest BCUT2D eigenvalue weighted by Crippen LogP contribution is -2.18. The van der Waals surface area contributed by atoms with E-state index in [1.807, 2.05) is 30.6 Å². The van der Waals surface area contributed by atoms with Gasteiger partial charge in [-0.1, -0.05) is 0 Å². The molecule has 3 heterocycles.